The third-order valence-corrected chi connectivity index (χ3v) is 3.99. The summed E-state index contributed by atoms with van der Waals surface area (Å²) in [5, 5.41) is 2.33. The topological polar surface area (TPSA) is 51.4 Å². The van der Waals surface area contributed by atoms with Crippen molar-refractivity contribution < 1.29 is 4.74 Å². The molecule has 102 valence electrons. The van der Waals surface area contributed by atoms with Crippen LogP contribution in [0.25, 0.3) is 10.9 Å². The molecule has 2 rings (SSSR count). The number of rotatable bonds is 7. The minimum Gasteiger partial charge on any atom is -0.393 e. The molecule has 0 aliphatic heterocycles. The number of aromatic nitrogens is 1. The van der Waals surface area contributed by atoms with Crippen LogP contribution in [0.1, 0.15) is 6.42 Å². The molecule has 6 heteroatoms. The number of hydrogen-bond donors (Lipinski definition) is 1. The molecule has 0 fully saturated rings. The highest BCUT2D eigenvalue weighted by Gasteiger charge is 2.13. The summed E-state index contributed by atoms with van der Waals surface area (Å²) in [6, 6.07) is 8.15. The van der Waals surface area contributed by atoms with E-state index in [0.717, 1.165) is 23.6 Å². The van der Waals surface area contributed by atoms with Gasteiger partial charge in [0.1, 0.15) is 5.00 Å². The van der Waals surface area contributed by atoms with Gasteiger partial charge in [0, 0.05) is 32.0 Å². The molecule has 0 amide bonds. The molecule has 0 aliphatic rings. The Kier molecular flexibility index (Phi) is 5.07. The van der Waals surface area contributed by atoms with Crippen LogP contribution in [0.5, 0.6) is 0 Å². The lowest BCUT2D eigenvalue weighted by Gasteiger charge is -2.22. The number of benzene rings is 1. The molecule has 1 aromatic heterocycles. The lowest BCUT2D eigenvalue weighted by atomic mass is 10.2. The molecule has 0 spiro atoms. The SMILES string of the molecule is COCCN(CCC(N)=S)c1snc2ccccc12. The molecule has 0 bridgehead atoms. The fourth-order valence-corrected chi connectivity index (χ4v) is 2.87. The van der Waals surface area contributed by atoms with Crippen LogP contribution >= 0.6 is 23.8 Å². The second kappa shape index (κ2) is 6.79. The number of methoxy groups -OCH3 is 1. The predicted molar refractivity (Wildman–Crippen MR) is 85.1 cm³/mol. The quantitative estimate of drug-likeness (QED) is 0.795. The normalized spacial score (nSPS) is 10.8. The molecule has 0 radical (unpaired) electrons. The van der Waals surface area contributed by atoms with Gasteiger partial charge in [0.25, 0.3) is 0 Å². The van der Waals surface area contributed by atoms with E-state index in [9.17, 15) is 0 Å². The molecular formula is C13H17N3OS2. The molecule has 0 saturated carbocycles. The fraction of sp³-hybridized carbons (Fsp3) is 0.385. The van der Waals surface area contributed by atoms with Gasteiger partial charge >= 0.3 is 0 Å². The zero-order valence-electron chi connectivity index (χ0n) is 10.8. The van der Waals surface area contributed by atoms with Crippen LogP contribution in [-0.2, 0) is 4.74 Å². The van der Waals surface area contributed by atoms with Crippen molar-refractivity contribution >= 4 is 44.6 Å². The minimum atomic E-state index is 0.538. The Hall–Kier alpha value is -1.24. The van der Waals surface area contributed by atoms with Crippen LogP contribution in [0.2, 0.25) is 0 Å². The summed E-state index contributed by atoms with van der Waals surface area (Å²) in [7, 11) is 1.70. The second-order valence-corrected chi connectivity index (χ2v) is 5.48. The van der Waals surface area contributed by atoms with Crippen molar-refractivity contribution in [3.63, 3.8) is 0 Å². The van der Waals surface area contributed by atoms with Gasteiger partial charge in [-0.15, -0.1) is 0 Å². The van der Waals surface area contributed by atoms with Gasteiger partial charge in [-0.25, -0.2) is 0 Å². The molecule has 2 aromatic rings. The summed E-state index contributed by atoms with van der Waals surface area (Å²) >= 11 is 6.47. The average molecular weight is 295 g/mol. The Morgan fingerprint density at radius 1 is 1.42 bits per heavy atom. The molecule has 0 aliphatic carbocycles. The zero-order valence-corrected chi connectivity index (χ0v) is 12.5. The Labute approximate surface area is 122 Å². The first-order valence-electron chi connectivity index (χ1n) is 6.09. The van der Waals surface area contributed by atoms with Gasteiger partial charge < -0.3 is 15.4 Å². The number of ether oxygens (including phenoxy) is 1. The highest BCUT2D eigenvalue weighted by molar-refractivity contribution is 7.80. The highest BCUT2D eigenvalue weighted by atomic mass is 32.1. The number of anilines is 1. The van der Waals surface area contributed by atoms with Gasteiger partial charge in [-0.05, 0) is 23.7 Å². The third-order valence-electron chi connectivity index (χ3n) is 2.85. The van der Waals surface area contributed by atoms with E-state index < -0.39 is 0 Å². The van der Waals surface area contributed by atoms with Crippen LogP contribution in [0.3, 0.4) is 0 Å². The van der Waals surface area contributed by atoms with Crippen molar-refractivity contribution in [3.05, 3.63) is 24.3 Å². The zero-order chi connectivity index (χ0) is 13.7. The van der Waals surface area contributed by atoms with Crippen LogP contribution in [0, 0.1) is 0 Å². The van der Waals surface area contributed by atoms with Crippen molar-refractivity contribution in [1.29, 1.82) is 0 Å². The van der Waals surface area contributed by atoms with E-state index in [0.29, 0.717) is 18.0 Å². The van der Waals surface area contributed by atoms with Crippen molar-refractivity contribution in [3.8, 4) is 0 Å². The fourth-order valence-electron chi connectivity index (χ4n) is 1.87. The molecule has 2 N–H and O–H groups in total. The molecule has 19 heavy (non-hydrogen) atoms. The lowest BCUT2D eigenvalue weighted by Crippen LogP contribution is -2.30. The van der Waals surface area contributed by atoms with Crippen molar-refractivity contribution in [2.75, 3.05) is 31.7 Å². The van der Waals surface area contributed by atoms with E-state index in [2.05, 4.69) is 15.3 Å². The Bertz CT molecular complexity index is 556. The van der Waals surface area contributed by atoms with Crippen LogP contribution in [0.4, 0.5) is 5.00 Å². The molecule has 4 nitrogen and oxygen atoms in total. The van der Waals surface area contributed by atoms with E-state index in [1.165, 1.54) is 16.9 Å². The summed E-state index contributed by atoms with van der Waals surface area (Å²) < 4.78 is 9.64. The van der Waals surface area contributed by atoms with Gasteiger partial charge in [-0.1, -0.05) is 24.4 Å². The Morgan fingerprint density at radius 3 is 2.95 bits per heavy atom. The van der Waals surface area contributed by atoms with Gasteiger partial charge in [0.05, 0.1) is 17.1 Å². The van der Waals surface area contributed by atoms with E-state index >= 15 is 0 Å². The highest BCUT2D eigenvalue weighted by Crippen LogP contribution is 2.31. The summed E-state index contributed by atoms with van der Waals surface area (Å²) in [6.07, 6.45) is 0.700. The number of nitrogens with two attached hydrogens (primary N) is 1. The van der Waals surface area contributed by atoms with E-state index in [1.54, 1.807) is 7.11 Å². The van der Waals surface area contributed by atoms with Crippen LogP contribution < -0.4 is 10.6 Å². The Morgan fingerprint density at radius 2 is 2.21 bits per heavy atom. The summed E-state index contributed by atoms with van der Waals surface area (Å²) in [5.74, 6) is 0. The molecular weight excluding hydrogens is 278 g/mol. The van der Waals surface area contributed by atoms with E-state index in [1.807, 2.05) is 18.2 Å². The Balaban J connectivity index is 2.23. The number of fused-ring (bicyclic) bond motifs is 1. The average Bonchev–Trinajstić information content (AvgIpc) is 2.83. The summed E-state index contributed by atoms with van der Waals surface area (Å²) in [6.45, 7) is 2.28. The van der Waals surface area contributed by atoms with E-state index in [-0.39, 0.29) is 0 Å². The monoisotopic (exact) mass is 295 g/mol. The number of hydrogen-bond acceptors (Lipinski definition) is 5. The van der Waals surface area contributed by atoms with Crippen LogP contribution in [0.15, 0.2) is 24.3 Å². The smallest absolute Gasteiger partial charge is 0.120 e. The van der Waals surface area contributed by atoms with E-state index in [4.69, 9.17) is 22.7 Å². The maximum absolute atomic E-state index is 5.60. The number of thiocarbonyl (C=S) groups is 1. The molecule has 0 atom stereocenters. The van der Waals surface area contributed by atoms with Gasteiger partial charge in [0.15, 0.2) is 0 Å². The van der Waals surface area contributed by atoms with Crippen molar-refractivity contribution in [2.24, 2.45) is 5.73 Å². The molecule has 1 aromatic carbocycles. The predicted octanol–water partition coefficient (Wildman–Crippen LogP) is 2.43. The maximum Gasteiger partial charge on any atom is 0.120 e. The first-order chi connectivity index (χ1) is 9.22. The standard InChI is InChI=1S/C13H17N3OS2/c1-17-9-8-16(7-6-12(14)18)13-10-4-2-3-5-11(10)15-19-13/h2-5H,6-9H2,1H3,(H2,14,18). The molecule has 0 unspecified atom stereocenters. The lowest BCUT2D eigenvalue weighted by molar-refractivity contribution is 0.205. The summed E-state index contributed by atoms with van der Waals surface area (Å²) in [5.41, 5.74) is 6.62. The number of nitrogens with zero attached hydrogens (tertiary/aromatic N) is 2. The minimum absolute atomic E-state index is 0.538. The summed E-state index contributed by atoms with van der Waals surface area (Å²) in [4.78, 5) is 2.78. The van der Waals surface area contributed by atoms with Gasteiger partial charge in [0.2, 0.25) is 0 Å². The first kappa shape index (κ1) is 14.2. The molecule has 0 saturated heterocycles. The third kappa shape index (κ3) is 3.62. The van der Waals surface area contributed by atoms with Crippen LogP contribution in [-0.4, -0.2) is 36.2 Å². The molecule has 1 heterocycles. The maximum atomic E-state index is 5.60. The van der Waals surface area contributed by atoms with Gasteiger partial charge in [-0.2, -0.15) is 4.37 Å². The first-order valence-corrected chi connectivity index (χ1v) is 7.27. The van der Waals surface area contributed by atoms with Crippen molar-refractivity contribution in [1.82, 2.24) is 4.37 Å². The largest absolute Gasteiger partial charge is 0.393 e. The van der Waals surface area contributed by atoms with Gasteiger partial charge in [-0.3, -0.25) is 0 Å². The van der Waals surface area contributed by atoms with Crippen molar-refractivity contribution in [2.45, 2.75) is 6.42 Å². The second-order valence-electron chi connectivity index (χ2n) is 4.20.